The largest absolute Gasteiger partial charge is 0.486 e. The number of hydrogen-bond donors (Lipinski definition) is 1. The second-order valence-corrected chi connectivity index (χ2v) is 6.63. The standard InChI is InChI=1S/C21H17F2N5O3/c1-13-16(11-30-18-5-3-2-4-17(18)23)19(27-31-13)20(29)25-21-24-12-28(26-21)10-14-6-8-15(22)9-7-14/h2-9,12H,10-11H2,1H3,(H,25,26,29). The van der Waals surface area contributed by atoms with Crippen LogP contribution < -0.4 is 10.1 Å². The SMILES string of the molecule is Cc1onc(C(=O)Nc2ncn(Cc3ccc(F)cc3)n2)c1COc1ccccc1F. The van der Waals surface area contributed by atoms with E-state index in [0.29, 0.717) is 17.9 Å². The van der Waals surface area contributed by atoms with Crippen molar-refractivity contribution in [2.75, 3.05) is 5.32 Å². The molecule has 0 saturated carbocycles. The maximum Gasteiger partial charge on any atom is 0.280 e. The van der Waals surface area contributed by atoms with E-state index in [1.807, 2.05) is 0 Å². The molecule has 2 heterocycles. The lowest BCUT2D eigenvalue weighted by molar-refractivity contribution is 0.101. The number of benzene rings is 2. The molecule has 0 spiro atoms. The van der Waals surface area contributed by atoms with Gasteiger partial charge in [-0.3, -0.25) is 10.1 Å². The van der Waals surface area contributed by atoms with Gasteiger partial charge in [0.15, 0.2) is 17.3 Å². The highest BCUT2D eigenvalue weighted by atomic mass is 19.1. The molecule has 0 aliphatic rings. The predicted octanol–water partition coefficient (Wildman–Crippen LogP) is 3.73. The number of halogens is 2. The average Bonchev–Trinajstić information content (AvgIpc) is 3.35. The lowest BCUT2D eigenvalue weighted by atomic mass is 10.2. The van der Waals surface area contributed by atoms with E-state index in [-0.39, 0.29) is 29.8 Å². The minimum Gasteiger partial charge on any atom is -0.486 e. The van der Waals surface area contributed by atoms with E-state index in [4.69, 9.17) is 9.26 Å². The third-order valence-corrected chi connectivity index (χ3v) is 4.43. The fraction of sp³-hybridized carbons (Fsp3) is 0.143. The number of hydrogen-bond acceptors (Lipinski definition) is 6. The monoisotopic (exact) mass is 425 g/mol. The van der Waals surface area contributed by atoms with E-state index >= 15 is 0 Å². The number of amides is 1. The molecular weight excluding hydrogens is 408 g/mol. The third kappa shape index (κ3) is 4.74. The van der Waals surface area contributed by atoms with Gasteiger partial charge in [0.2, 0.25) is 5.95 Å². The van der Waals surface area contributed by atoms with Crippen LogP contribution in [0.1, 0.15) is 27.4 Å². The summed E-state index contributed by atoms with van der Waals surface area (Å²) in [5, 5.41) is 10.5. The normalized spacial score (nSPS) is 10.8. The summed E-state index contributed by atoms with van der Waals surface area (Å²) >= 11 is 0. The van der Waals surface area contributed by atoms with Crippen LogP contribution >= 0.6 is 0 Å². The van der Waals surface area contributed by atoms with Crippen molar-refractivity contribution < 1.29 is 22.8 Å². The van der Waals surface area contributed by atoms with E-state index in [1.54, 1.807) is 31.2 Å². The molecule has 8 nitrogen and oxygen atoms in total. The van der Waals surface area contributed by atoms with Crippen molar-refractivity contribution in [2.45, 2.75) is 20.1 Å². The van der Waals surface area contributed by atoms with Gasteiger partial charge in [-0.1, -0.05) is 29.4 Å². The lowest BCUT2D eigenvalue weighted by Crippen LogP contribution is -2.16. The third-order valence-electron chi connectivity index (χ3n) is 4.43. The molecule has 2 aromatic heterocycles. The number of nitrogens with zero attached hydrogens (tertiary/aromatic N) is 4. The Hall–Kier alpha value is -4.08. The molecule has 2 aromatic carbocycles. The summed E-state index contributed by atoms with van der Waals surface area (Å²) in [7, 11) is 0. The van der Waals surface area contributed by atoms with Crippen molar-refractivity contribution in [1.82, 2.24) is 19.9 Å². The van der Waals surface area contributed by atoms with Gasteiger partial charge < -0.3 is 9.26 Å². The Balaban J connectivity index is 1.43. The molecule has 4 rings (SSSR count). The molecule has 31 heavy (non-hydrogen) atoms. The Bertz CT molecular complexity index is 1200. The van der Waals surface area contributed by atoms with Crippen LogP contribution in [0.2, 0.25) is 0 Å². The number of carbonyl (C=O) groups excluding carboxylic acids is 1. The van der Waals surface area contributed by atoms with Crippen molar-refractivity contribution in [2.24, 2.45) is 0 Å². The Kier molecular flexibility index (Phi) is 5.69. The highest BCUT2D eigenvalue weighted by molar-refractivity contribution is 6.02. The molecule has 0 bridgehead atoms. The van der Waals surface area contributed by atoms with E-state index in [0.717, 1.165) is 5.56 Å². The number of aromatic nitrogens is 4. The van der Waals surface area contributed by atoms with Crippen LogP contribution in [-0.4, -0.2) is 25.8 Å². The summed E-state index contributed by atoms with van der Waals surface area (Å²) in [4.78, 5) is 16.7. The number of ether oxygens (including phenoxy) is 1. The van der Waals surface area contributed by atoms with E-state index in [9.17, 15) is 13.6 Å². The first-order valence-corrected chi connectivity index (χ1v) is 9.27. The van der Waals surface area contributed by atoms with Crippen LogP contribution in [0.25, 0.3) is 0 Å². The number of nitrogens with one attached hydrogen (secondary N) is 1. The topological polar surface area (TPSA) is 95.1 Å². The van der Waals surface area contributed by atoms with Gasteiger partial charge in [-0.25, -0.2) is 18.4 Å². The average molecular weight is 425 g/mol. The quantitative estimate of drug-likeness (QED) is 0.485. The Morgan fingerprint density at radius 1 is 1.16 bits per heavy atom. The Labute approximate surface area is 175 Å². The van der Waals surface area contributed by atoms with Gasteiger partial charge >= 0.3 is 0 Å². The molecule has 1 amide bonds. The van der Waals surface area contributed by atoms with Crippen LogP contribution in [0, 0.1) is 18.6 Å². The van der Waals surface area contributed by atoms with Gasteiger partial charge in [0.1, 0.15) is 24.5 Å². The van der Waals surface area contributed by atoms with Crippen LogP contribution in [0.15, 0.2) is 59.4 Å². The highest BCUT2D eigenvalue weighted by Crippen LogP contribution is 2.21. The van der Waals surface area contributed by atoms with Gasteiger partial charge in [-0.15, -0.1) is 5.10 Å². The van der Waals surface area contributed by atoms with E-state index in [1.165, 1.54) is 35.3 Å². The predicted molar refractivity (Wildman–Crippen MR) is 105 cm³/mol. The molecule has 0 fully saturated rings. The summed E-state index contributed by atoms with van der Waals surface area (Å²) in [6, 6.07) is 11.9. The van der Waals surface area contributed by atoms with Gasteiger partial charge in [0, 0.05) is 0 Å². The van der Waals surface area contributed by atoms with Gasteiger partial charge in [-0.2, -0.15) is 0 Å². The van der Waals surface area contributed by atoms with Crippen molar-refractivity contribution in [3.63, 3.8) is 0 Å². The molecule has 158 valence electrons. The van der Waals surface area contributed by atoms with E-state index in [2.05, 4.69) is 20.6 Å². The zero-order chi connectivity index (χ0) is 21.8. The Morgan fingerprint density at radius 2 is 1.94 bits per heavy atom. The van der Waals surface area contributed by atoms with E-state index < -0.39 is 11.7 Å². The highest BCUT2D eigenvalue weighted by Gasteiger charge is 2.22. The first-order valence-electron chi connectivity index (χ1n) is 9.27. The molecule has 10 heteroatoms. The molecule has 0 unspecified atom stereocenters. The smallest absolute Gasteiger partial charge is 0.280 e. The molecular formula is C21H17F2N5O3. The second kappa shape index (κ2) is 8.74. The molecule has 0 aliphatic carbocycles. The lowest BCUT2D eigenvalue weighted by Gasteiger charge is -2.07. The summed E-state index contributed by atoms with van der Waals surface area (Å²) in [5.41, 5.74) is 1.19. The van der Waals surface area contributed by atoms with Crippen molar-refractivity contribution in [3.8, 4) is 5.75 Å². The van der Waals surface area contributed by atoms with Gasteiger partial charge in [0.05, 0.1) is 12.1 Å². The molecule has 4 aromatic rings. The second-order valence-electron chi connectivity index (χ2n) is 6.63. The summed E-state index contributed by atoms with van der Waals surface area (Å²) < 4.78 is 38.8. The maximum absolute atomic E-state index is 13.8. The van der Waals surface area contributed by atoms with Gasteiger partial charge in [0.25, 0.3) is 5.91 Å². The number of carbonyl (C=O) groups is 1. The van der Waals surface area contributed by atoms with Crippen LogP contribution in [0.4, 0.5) is 14.7 Å². The zero-order valence-electron chi connectivity index (χ0n) is 16.4. The van der Waals surface area contributed by atoms with Crippen LogP contribution in [-0.2, 0) is 13.2 Å². The van der Waals surface area contributed by atoms with Crippen molar-refractivity contribution >= 4 is 11.9 Å². The number of rotatable bonds is 7. The fourth-order valence-corrected chi connectivity index (χ4v) is 2.82. The molecule has 0 atom stereocenters. The molecule has 1 N–H and O–H groups in total. The van der Waals surface area contributed by atoms with Gasteiger partial charge in [-0.05, 0) is 36.8 Å². The van der Waals surface area contributed by atoms with Crippen molar-refractivity contribution in [1.29, 1.82) is 0 Å². The maximum atomic E-state index is 13.8. The summed E-state index contributed by atoms with van der Waals surface area (Å²) in [6.07, 6.45) is 1.44. The summed E-state index contributed by atoms with van der Waals surface area (Å²) in [5.74, 6) is -0.948. The molecule has 0 radical (unpaired) electrons. The fourth-order valence-electron chi connectivity index (χ4n) is 2.82. The first-order chi connectivity index (χ1) is 15.0. The van der Waals surface area contributed by atoms with Crippen molar-refractivity contribution in [3.05, 3.63) is 89.1 Å². The minimum atomic E-state index is -0.594. The summed E-state index contributed by atoms with van der Waals surface area (Å²) in [6.45, 7) is 1.87. The van der Waals surface area contributed by atoms with Crippen LogP contribution in [0.3, 0.4) is 0 Å². The molecule has 0 aliphatic heterocycles. The first kappa shape index (κ1) is 20.2. The minimum absolute atomic E-state index is 0.0104. The molecule has 0 saturated heterocycles. The zero-order valence-corrected chi connectivity index (χ0v) is 16.4. The Morgan fingerprint density at radius 3 is 2.71 bits per heavy atom. The van der Waals surface area contributed by atoms with Crippen LogP contribution in [0.5, 0.6) is 5.75 Å². The number of aryl methyl sites for hydroxylation is 1. The number of anilines is 1. The number of para-hydroxylation sites is 1.